The fraction of sp³-hybridized carbons (Fsp3) is 0.619. The first-order chi connectivity index (χ1) is 13.1. The maximum atomic E-state index is 13.0. The molecule has 0 aromatic heterocycles. The van der Waals surface area contributed by atoms with Crippen LogP contribution in [0.3, 0.4) is 0 Å². The van der Waals surface area contributed by atoms with Gasteiger partial charge in [-0.25, -0.2) is 4.39 Å². The van der Waals surface area contributed by atoms with Crippen molar-refractivity contribution in [2.24, 2.45) is 11.8 Å². The molecule has 148 valence electrons. The minimum Gasteiger partial charge on any atom is -0.381 e. The van der Waals surface area contributed by atoms with Crippen molar-refractivity contribution in [3.8, 4) is 0 Å². The van der Waals surface area contributed by atoms with Crippen molar-refractivity contribution in [3.05, 3.63) is 35.6 Å². The molecule has 0 bridgehead atoms. The Morgan fingerprint density at radius 3 is 2.48 bits per heavy atom. The minimum absolute atomic E-state index is 0.0303. The summed E-state index contributed by atoms with van der Waals surface area (Å²) in [6, 6.07) is 5.85. The number of unbranched alkanes of at least 4 members (excludes halogenated alkanes) is 1. The number of nitrogens with zero attached hydrogens (tertiary/aromatic N) is 1. The number of Topliss-reactive ketones (excluding diaryl/α,β-unsaturated/α-hetero) is 1. The van der Waals surface area contributed by atoms with Crippen LogP contribution >= 0.6 is 0 Å². The smallest absolute Gasteiger partial charge is 0.225 e. The number of hydrogen-bond acceptors (Lipinski definition) is 4. The van der Waals surface area contributed by atoms with Crippen molar-refractivity contribution >= 4 is 11.7 Å². The third-order valence-electron chi connectivity index (χ3n) is 5.59. The second kappa shape index (κ2) is 9.95. The Labute approximate surface area is 160 Å². The molecule has 2 heterocycles. The average molecular weight is 376 g/mol. The van der Waals surface area contributed by atoms with Gasteiger partial charge >= 0.3 is 0 Å². The zero-order chi connectivity index (χ0) is 19.1. The molecule has 1 atom stereocenters. The molecule has 2 aliphatic heterocycles. The molecular weight excluding hydrogens is 347 g/mol. The Balaban J connectivity index is 1.28. The van der Waals surface area contributed by atoms with Gasteiger partial charge in [-0.2, -0.15) is 0 Å². The van der Waals surface area contributed by atoms with Crippen LogP contribution in [-0.2, 0) is 9.53 Å². The molecule has 1 amide bonds. The molecule has 2 aliphatic rings. The van der Waals surface area contributed by atoms with E-state index in [1.807, 2.05) is 0 Å². The second-order valence-electron chi connectivity index (χ2n) is 7.55. The van der Waals surface area contributed by atoms with E-state index in [0.29, 0.717) is 18.8 Å². The monoisotopic (exact) mass is 376 g/mol. The highest BCUT2D eigenvalue weighted by atomic mass is 19.1. The highest BCUT2D eigenvalue weighted by molar-refractivity contribution is 5.97. The van der Waals surface area contributed by atoms with Crippen LogP contribution in [0.25, 0.3) is 0 Å². The van der Waals surface area contributed by atoms with E-state index in [0.717, 1.165) is 58.3 Å². The number of nitrogens with one attached hydrogen (secondary N) is 1. The summed E-state index contributed by atoms with van der Waals surface area (Å²) < 4.78 is 18.2. The van der Waals surface area contributed by atoms with Crippen molar-refractivity contribution in [3.63, 3.8) is 0 Å². The van der Waals surface area contributed by atoms with E-state index in [4.69, 9.17) is 4.74 Å². The normalized spacial score (nSPS) is 21.3. The molecule has 5 nitrogen and oxygen atoms in total. The summed E-state index contributed by atoms with van der Waals surface area (Å²) in [5.41, 5.74) is 0.609. The van der Waals surface area contributed by atoms with Crippen molar-refractivity contribution in [2.45, 2.75) is 32.1 Å². The highest BCUT2D eigenvalue weighted by Gasteiger charge is 2.26. The number of halogens is 1. The van der Waals surface area contributed by atoms with E-state index in [9.17, 15) is 14.0 Å². The predicted molar refractivity (Wildman–Crippen MR) is 101 cm³/mol. The van der Waals surface area contributed by atoms with Crippen LogP contribution in [0.5, 0.6) is 0 Å². The lowest BCUT2D eigenvalue weighted by atomic mass is 9.89. The van der Waals surface area contributed by atoms with Gasteiger partial charge < -0.3 is 15.0 Å². The minimum atomic E-state index is -0.311. The number of ketones is 1. The Kier molecular flexibility index (Phi) is 7.35. The van der Waals surface area contributed by atoms with Crippen molar-refractivity contribution in [2.75, 3.05) is 39.4 Å². The quantitative estimate of drug-likeness (QED) is 0.560. The molecule has 6 heteroatoms. The summed E-state index contributed by atoms with van der Waals surface area (Å²) in [4.78, 5) is 26.8. The van der Waals surface area contributed by atoms with Crippen molar-refractivity contribution in [1.29, 1.82) is 0 Å². The molecule has 1 unspecified atom stereocenters. The summed E-state index contributed by atoms with van der Waals surface area (Å²) in [6.45, 7) is 4.80. The highest BCUT2D eigenvalue weighted by Crippen LogP contribution is 2.22. The van der Waals surface area contributed by atoms with E-state index >= 15 is 0 Å². The SMILES string of the molecule is O=C(NCCCCN1CCC(C(=O)c2ccc(F)cc2)CC1)C1CCOC1. The van der Waals surface area contributed by atoms with Gasteiger partial charge in [-0.3, -0.25) is 9.59 Å². The molecule has 1 aromatic rings. The maximum absolute atomic E-state index is 13.0. The van der Waals surface area contributed by atoms with Gasteiger partial charge in [0.15, 0.2) is 5.78 Å². The molecule has 0 radical (unpaired) electrons. The van der Waals surface area contributed by atoms with Gasteiger partial charge in [0.1, 0.15) is 5.82 Å². The van der Waals surface area contributed by atoms with Gasteiger partial charge in [0.05, 0.1) is 12.5 Å². The lowest BCUT2D eigenvalue weighted by Gasteiger charge is -2.31. The largest absolute Gasteiger partial charge is 0.381 e. The standard InChI is InChI=1S/C21H29FN2O3/c22-19-5-3-16(4-6-19)20(25)17-7-12-24(13-8-17)11-2-1-10-23-21(26)18-9-14-27-15-18/h3-6,17-18H,1-2,7-15H2,(H,23,26). The number of piperidine rings is 1. The van der Waals surface area contributed by atoms with E-state index < -0.39 is 0 Å². The Morgan fingerprint density at radius 2 is 1.81 bits per heavy atom. The maximum Gasteiger partial charge on any atom is 0.225 e. The number of carbonyl (C=O) groups excluding carboxylic acids is 2. The molecule has 3 rings (SSSR count). The predicted octanol–water partition coefficient (Wildman–Crippen LogP) is 2.65. The first kappa shape index (κ1) is 20.0. The van der Waals surface area contributed by atoms with Gasteiger partial charge in [-0.05, 0) is 76.0 Å². The number of amides is 1. The number of benzene rings is 1. The van der Waals surface area contributed by atoms with Crippen LogP contribution in [0, 0.1) is 17.7 Å². The number of hydrogen-bond donors (Lipinski definition) is 1. The number of likely N-dealkylation sites (tertiary alicyclic amines) is 1. The van der Waals surface area contributed by atoms with E-state index in [2.05, 4.69) is 10.2 Å². The summed E-state index contributed by atoms with van der Waals surface area (Å²) in [6.07, 6.45) is 4.55. The van der Waals surface area contributed by atoms with Crippen molar-refractivity contribution in [1.82, 2.24) is 10.2 Å². The van der Waals surface area contributed by atoms with Gasteiger partial charge in [0.25, 0.3) is 0 Å². The van der Waals surface area contributed by atoms with E-state index in [-0.39, 0.29) is 29.3 Å². The molecule has 0 aliphatic carbocycles. The summed E-state index contributed by atoms with van der Waals surface area (Å²) in [5, 5.41) is 3.00. The molecule has 1 aromatic carbocycles. The average Bonchev–Trinajstić information content (AvgIpc) is 3.23. The third-order valence-corrected chi connectivity index (χ3v) is 5.59. The van der Waals surface area contributed by atoms with Crippen LogP contribution in [-0.4, -0.2) is 56.0 Å². The second-order valence-corrected chi connectivity index (χ2v) is 7.55. The third kappa shape index (κ3) is 5.84. The Hall–Kier alpha value is -1.79. The fourth-order valence-corrected chi connectivity index (χ4v) is 3.83. The van der Waals surface area contributed by atoms with E-state index in [1.54, 1.807) is 12.1 Å². The first-order valence-corrected chi connectivity index (χ1v) is 10.0. The molecule has 27 heavy (non-hydrogen) atoms. The number of ether oxygens (including phenoxy) is 1. The van der Waals surface area contributed by atoms with Crippen LogP contribution in [0.1, 0.15) is 42.5 Å². The fourth-order valence-electron chi connectivity index (χ4n) is 3.83. The summed E-state index contributed by atoms with van der Waals surface area (Å²) in [7, 11) is 0. The molecule has 1 N–H and O–H groups in total. The van der Waals surface area contributed by atoms with Gasteiger partial charge in [-0.15, -0.1) is 0 Å². The molecule has 0 spiro atoms. The lowest BCUT2D eigenvalue weighted by Crippen LogP contribution is -2.37. The Morgan fingerprint density at radius 1 is 1.07 bits per heavy atom. The topological polar surface area (TPSA) is 58.6 Å². The number of carbonyl (C=O) groups is 2. The van der Waals surface area contributed by atoms with E-state index in [1.165, 1.54) is 12.1 Å². The zero-order valence-corrected chi connectivity index (χ0v) is 15.8. The summed E-state index contributed by atoms with van der Waals surface area (Å²) >= 11 is 0. The molecular formula is C21H29FN2O3. The lowest BCUT2D eigenvalue weighted by molar-refractivity contribution is -0.124. The number of rotatable bonds is 8. The van der Waals surface area contributed by atoms with Crippen LogP contribution in [0.4, 0.5) is 4.39 Å². The van der Waals surface area contributed by atoms with Gasteiger partial charge in [-0.1, -0.05) is 0 Å². The van der Waals surface area contributed by atoms with Gasteiger partial charge in [0.2, 0.25) is 5.91 Å². The zero-order valence-electron chi connectivity index (χ0n) is 15.8. The molecule has 2 fully saturated rings. The first-order valence-electron chi connectivity index (χ1n) is 10.0. The molecule has 0 saturated carbocycles. The Bertz CT molecular complexity index is 621. The summed E-state index contributed by atoms with van der Waals surface area (Å²) in [5.74, 6) is 0.0114. The van der Waals surface area contributed by atoms with Gasteiger partial charge in [0, 0.05) is 24.6 Å². The van der Waals surface area contributed by atoms with Crippen LogP contribution in [0.15, 0.2) is 24.3 Å². The van der Waals surface area contributed by atoms with Crippen molar-refractivity contribution < 1.29 is 18.7 Å². The van der Waals surface area contributed by atoms with Crippen LogP contribution in [0.2, 0.25) is 0 Å². The van der Waals surface area contributed by atoms with Crippen LogP contribution < -0.4 is 5.32 Å². The molecule has 2 saturated heterocycles.